The Kier molecular flexibility index (Phi) is 5.80. The number of nitrogens with zero attached hydrogens (tertiary/aromatic N) is 1. The Labute approximate surface area is 157 Å². The Morgan fingerprint density at radius 3 is 2.44 bits per heavy atom. The summed E-state index contributed by atoms with van der Waals surface area (Å²) in [5.41, 5.74) is 6.55. The molecule has 0 aromatic heterocycles. The lowest BCUT2D eigenvalue weighted by Gasteiger charge is -2.23. The summed E-state index contributed by atoms with van der Waals surface area (Å²) < 4.78 is 16.6. The van der Waals surface area contributed by atoms with Gasteiger partial charge in [-0.15, -0.1) is 0 Å². The van der Waals surface area contributed by atoms with Gasteiger partial charge >= 0.3 is 0 Å². The van der Waals surface area contributed by atoms with E-state index in [-0.39, 0.29) is 12.5 Å². The van der Waals surface area contributed by atoms with E-state index in [0.29, 0.717) is 43.4 Å². The average Bonchev–Trinajstić information content (AvgIpc) is 2.70. The molecule has 0 aliphatic carbocycles. The van der Waals surface area contributed by atoms with E-state index in [2.05, 4.69) is 0 Å². The average molecular weight is 370 g/mol. The van der Waals surface area contributed by atoms with Gasteiger partial charge in [0.2, 0.25) is 5.91 Å². The summed E-state index contributed by atoms with van der Waals surface area (Å²) in [6.45, 7) is 3.90. The zero-order valence-corrected chi connectivity index (χ0v) is 15.1. The predicted octanol–water partition coefficient (Wildman–Crippen LogP) is 1.98. The molecule has 0 bridgehead atoms. The molecule has 2 amide bonds. The van der Waals surface area contributed by atoms with Crippen molar-refractivity contribution in [2.45, 2.75) is 13.5 Å². The Balaban J connectivity index is 1.58. The number of likely N-dealkylation sites (N-methyl/N-ethyl adjacent to an activating group) is 1. The minimum absolute atomic E-state index is 0.0890. The Bertz CT molecular complexity index is 820. The van der Waals surface area contributed by atoms with Crippen LogP contribution in [-0.4, -0.2) is 43.1 Å². The van der Waals surface area contributed by atoms with E-state index in [1.165, 1.54) is 0 Å². The van der Waals surface area contributed by atoms with E-state index in [9.17, 15) is 9.59 Å². The normalized spacial score (nSPS) is 12.3. The Morgan fingerprint density at radius 2 is 1.78 bits per heavy atom. The molecule has 7 nitrogen and oxygen atoms in total. The van der Waals surface area contributed by atoms with Gasteiger partial charge in [0, 0.05) is 18.7 Å². The Morgan fingerprint density at radius 1 is 1.07 bits per heavy atom. The van der Waals surface area contributed by atoms with Crippen molar-refractivity contribution in [3.05, 3.63) is 53.6 Å². The van der Waals surface area contributed by atoms with E-state index in [0.717, 1.165) is 11.3 Å². The number of amides is 2. The third-order valence-corrected chi connectivity index (χ3v) is 4.22. The second kappa shape index (κ2) is 8.44. The van der Waals surface area contributed by atoms with Crippen LogP contribution in [0.1, 0.15) is 22.8 Å². The molecular formula is C20H22N2O5. The van der Waals surface area contributed by atoms with Crippen molar-refractivity contribution in [2.24, 2.45) is 5.73 Å². The number of benzene rings is 2. The van der Waals surface area contributed by atoms with Crippen molar-refractivity contribution >= 4 is 11.8 Å². The van der Waals surface area contributed by atoms with E-state index in [1.807, 2.05) is 25.1 Å². The van der Waals surface area contributed by atoms with E-state index in [1.54, 1.807) is 29.2 Å². The largest absolute Gasteiger partial charge is 0.486 e. The molecule has 1 aliphatic heterocycles. The number of carbonyl (C=O) groups excluding carboxylic acids is 2. The molecular weight excluding hydrogens is 348 g/mol. The van der Waals surface area contributed by atoms with Gasteiger partial charge < -0.3 is 24.8 Å². The highest BCUT2D eigenvalue weighted by Gasteiger charge is 2.16. The number of nitrogens with two attached hydrogens (primary N) is 1. The van der Waals surface area contributed by atoms with Gasteiger partial charge in [-0.1, -0.05) is 6.07 Å². The summed E-state index contributed by atoms with van der Waals surface area (Å²) in [7, 11) is 0. The predicted molar refractivity (Wildman–Crippen MR) is 99.0 cm³/mol. The lowest BCUT2D eigenvalue weighted by atomic mass is 10.1. The Hall–Kier alpha value is -3.22. The quantitative estimate of drug-likeness (QED) is 0.805. The third kappa shape index (κ3) is 4.69. The summed E-state index contributed by atoms with van der Waals surface area (Å²) in [6.07, 6.45) is 0. The lowest BCUT2D eigenvalue weighted by molar-refractivity contribution is -0.133. The summed E-state index contributed by atoms with van der Waals surface area (Å²) in [5.74, 6) is 1.29. The maximum atomic E-state index is 12.5. The maximum absolute atomic E-state index is 12.5. The molecule has 142 valence electrons. The SMILES string of the molecule is CCN(Cc1ccc2c(c1)OCCO2)C(=O)COc1ccc(C(N)=O)cc1. The highest BCUT2D eigenvalue weighted by molar-refractivity contribution is 5.92. The smallest absolute Gasteiger partial charge is 0.260 e. The van der Waals surface area contributed by atoms with Crippen molar-refractivity contribution in [3.63, 3.8) is 0 Å². The van der Waals surface area contributed by atoms with Gasteiger partial charge in [0.25, 0.3) is 5.91 Å². The zero-order valence-electron chi connectivity index (χ0n) is 15.1. The molecule has 0 unspecified atom stereocenters. The van der Waals surface area contributed by atoms with Crippen LogP contribution in [0, 0.1) is 0 Å². The maximum Gasteiger partial charge on any atom is 0.260 e. The topological polar surface area (TPSA) is 91.1 Å². The fourth-order valence-electron chi connectivity index (χ4n) is 2.73. The fourth-order valence-corrected chi connectivity index (χ4v) is 2.73. The van der Waals surface area contributed by atoms with Crippen LogP contribution >= 0.6 is 0 Å². The minimum atomic E-state index is -0.505. The molecule has 3 rings (SSSR count). The molecule has 0 atom stereocenters. The summed E-state index contributed by atoms with van der Waals surface area (Å²) >= 11 is 0. The molecule has 1 heterocycles. The molecule has 0 saturated heterocycles. The number of ether oxygens (including phenoxy) is 3. The number of fused-ring (bicyclic) bond motifs is 1. The molecule has 0 radical (unpaired) electrons. The van der Waals surface area contributed by atoms with Crippen molar-refractivity contribution < 1.29 is 23.8 Å². The summed E-state index contributed by atoms with van der Waals surface area (Å²) in [5, 5.41) is 0. The van der Waals surface area contributed by atoms with Crippen LogP contribution in [0.25, 0.3) is 0 Å². The first-order chi connectivity index (χ1) is 13.1. The fraction of sp³-hybridized carbons (Fsp3) is 0.300. The van der Waals surface area contributed by atoms with Gasteiger partial charge in [0.15, 0.2) is 18.1 Å². The van der Waals surface area contributed by atoms with Crippen molar-refractivity contribution in [3.8, 4) is 17.2 Å². The summed E-state index contributed by atoms with van der Waals surface area (Å²) in [6, 6.07) is 12.0. The molecule has 7 heteroatoms. The molecule has 2 aromatic rings. The second-order valence-electron chi connectivity index (χ2n) is 6.06. The van der Waals surface area contributed by atoms with Gasteiger partial charge in [-0.05, 0) is 48.9 Å². The van der Waals surface area contributed by atoms with Crippen LogP contribution < -0.4 is 19.9 Å². The van der Waals surface area contributed by atoms with Gasteiger partial charge in [0.1, 0.15) is 19.0 Å². The standard InChI is InChI=1S/C20H22N2O5/c1-2-22(12-14-3-8-17-18(11-14)26-10-9-25-17)19(23)13-27-16-6-4-15(5-7-16)20(21)24/h3-8,11H,2,9-10,12-13H2,1H3,(H2,21,24). The van der Waals surface area contributed by atoms with Crippen LogP contribution in [0.5, 0.6) is 17.2 Å². The lowest BCUT2D eigenvalue weighted by Crippen LogP contribution is -2.34. The highest BCUT2D eigenvalue weighted by atomic mass is 16.6. The van der Waals surface area contributed by atoms with Gasteiger partial charge in [-0.2, -0.15) is 0 Å². The van der Waals surface area contributed by atoms with Crippen LogP contribution in [0.2, 0.25) is 0 Å². The second-order valence-corrected chi connectivity index (χ2v) is 6.06. The van der Waals surface area contributed by atoms with Crippen LogP contribution in [-0.2, 0) is 11.3 Å². The summed E-state index contributed by atoms with van der Waals surface area (Å²) in [4.78, 5) is 25.3. The van der Waals surface area contributed by atoms with Crippen molar-refractivity contribution in [1.82, 2.24) is 4.90 Å². The van der Waals surface area contributed by atoms with Gasteiger partial charge in [0.05, 0.1) is 0 Å². The third-order valence-electron chi connectivity index (χ3n) is 4.22. The first-order valence-corrected chi connectivity index (χ1v) is 8.75. The molecule has 2 N–H and O–H groups in total. The number of rotatable bonds is 7. The minimum Gasteiger partial charge on any atom is -0.486 e. The van der Waals surface area contributed by atoms with Crippen molar-refractivity contribution in [2.75, 3.05) is 26.4 Å². The first-order valence-electron chi connectivity index (χ1n) is 8.75. The number of carbonyl (C=O) groups is 2. The zero-order chi connectivity index (χ0) is 19.2. The van der Waals surface area contributed by atoms with Gasteiger partial charge in [-0.3, -0.25) is 9.59 Å². The molecule has 0 fully saturated rings. The molecule has 0 spiro atoms. The van der Waals surface area contributed by atoms with Crippen molar-refractivity contribution in [1.29, 1.82) is 0 Å². The number of primary amides is 1. The van der Waals surface area contributed by atoms with E-state index >= 15 is 0 Å². The monoisotopic (exact) mass is 370 g/mol. The first kappa shape index (κ1) is 18.6. The van der Waals surface area contributed by atoms with Gasteiger partial charge in [-0.25, -0.2) is 0 Å². The van der Waals surface area contributed by atoms with E-state index < -0.39 is 5.91 Å². The molecule has 27 heavy (non-hydrogen) atoms. The molecule has 0 saturated carbocycles. The van der Waals surface area contributed by atoms with E-state index in [4.69, 9.17) is 19.9 Å². The van der Waals surface area contributed by atoms with Crippen LogP contribution in [0.15, 0.2) is 42.5 Å². The molecule has 1 aliphatic rings. The number of hydrogen-bond donors (Lipinski definition) is 1. The molecule has 2 aromatic carbocycles. The van der Waals surface area contributed by atoms with Crippen LogP contribution in [0.4, 0.5) is 0 Å². The highest BCUT2D eigenvalue weighted by Crippen LogP contribution is 2.31. The van der Waals surface area contributed by atoms with Crippen LogP contribution in [0.3, 0.4) is 0 Å². The number of hydrogen-bond acceptors (Lipinski definition) is 5.